The summed E-state index contributed by atoms with van der Waals surface area (Å²) in [7, 11) is -9.13. The Balaban J connectivity index is -0.00000105. The van der Waals surface area contributed by atoms with E-state index in [4.69, 9.17) is 0 Å². The first-order chi connectivity index (χ1) is 28.0. The molecule has 2 unspecified atom stereocenters. The smallest absolute Gasteiger partial charge is 0.726 e. The zero-order valence-corrected chi connectivity index (χ0v) is 43.5. The van der Waals surface area contributed by atoms with E-state index in [2.05, 4.69) is 36.1 Å². The average Bonchev–Trinajstić information content (AvgIpc) is 3.18. The van der Waals surface area contributed by atoms with Gasteiger partial charge in [0.05, 0.1) is 13.2 Å². The first-order valence-electron chi connectivity index (χ1n) is 25.2. The fraction of sp³-hybridized carbons (Fsp3) is 1.00. The Morgan fingerprint density at radius 3 is 0.627 bits per heavy atom. The van der Waals surface area contributed by atoms with E-state index in [1.54, 1.807) is 0 Å². The number of hydrogen-bond donors (Lipinski definition) is 0. The fourth-order valence-electron chi connectivity index (χ4n) is 7.96. The van der Waals surface area contributed by atoms with Crippen LogP contribution in [0, 0.1) is 11.8 Å². The summed E-state index contributed by atoms with van der Waals surface area (Å²) >= 11 is 0. The molecule has 0 bridgehead atoms. The standard InChI is InChI=1S/2C24H50O4S.Ca/c2*1-3-5-7-9-10-11-12-13-14-15-16-17-18-20-22-24(21-19-8-6-4-2)23-28-29(25,26)27;/h2*24H,3-23H2,1-2H3,(H,25,26,27);/q;;+2/p-2. The summed E-state index contributed by atoms with van der Waals surface area (Å²) in [5.41, 5.74) is 0. The Morgan fingerprint density at radius 1 is 0.305 bits per heavy atom. The molecule has 8 nitrogen and oxygen atoms in total. The molecule has 0 radical (unpaired) electrons. The van der Waals surface area contributed by atoms with Crippen molar-refractivity contribution in [1.29, 1.82) is 0 Å². The van der Waals surface area contributed by atoms with Crippen LogP contribution in [0.3, 0.4) is 0 Å². The Kier molecular flexibility index (Phi) is 54.5. The molecule has 0 aromatic carbocycles. The summed E-state index contributed by atoms with van der Waals surface area (Å²) in [5.74, 6) is 0.404. The molecule has 0 saturated heterocycles. The van der Waals surface area contributed by atoms with Gasteiger partial charge >= 0.3 is 37.7 Å². The minimum atomic E-state index is -4.56. The molecule has 0 N–H and O–H groups in total. The third-order valence-electron chi connectivity index (χ3n) is 11.8. The Labute approximate surface area is 399 Å². The maximum atomic E-state index is 10.7. The Bertz CT molecular complexity index is 933. The molecule has 0 aromatic heterocycles. The van der Waals surface area contributed by atoms with Gasteiger partial charge in [-0.3, -0.25) is 8.37 Å². The largest absolute Gasteiger partial charge is 2.00 e. The SMILES string of the molecule is CCCCCCCCCCCCCCCCC(CCCCCC)COS(=O)(=O)[O-].CCCCCCCCCCCCCCCCC(CCCCCC)COS(=O)(=O)[O-].[Ca+2]. The van der Waals surface area contributed by atoms with E-state index in [0.717, 1.165) is 51.4 Å². The van der Waals surface area contributed by atoms with Crippen molar-refractivity contribution in [1.82, 2.24) is 0 Å². The van der Waals surface area contributed by atoms with Crippen LogP contribution in [0.4, 0.5) is 0 Å². The van der Waals surface area contributed by atoms with Crippen LogP contribution in [-0.2, 0) is 29.2 Å². The van der Waals surface area contributed by atoms with Crippen LogP contribution in [0.2, 0.25) is 0 Å². The van der Waals surface area contributed by atoms with Gasteiger partial charge in [-0.05, 0) is 37.5 Å². The predicted octanol–water partition coefficient (Wildman–Crippen LogP) is 15.5. The van der Waals surface area contributed by atoms with Gasteiger partial charge < -0.3 is 9.11 Å². The normalized spacial score (nSPS) is 12.8. The molecular weight excluding hydrogens is 809 g/mol. The van der Waals surface area contributed by atoms with E-state index in [1.165, 1.54) is 205 Å². The molecule has 0 aliphatic heterocycles. The summed E-state index contributed by atoms with van der Waals surface area (Å²) in [5, 5.41) is 0. The van der Waals surface area contributed by atoms with Crippen LogP contribution in [0.15, 0.2) is 0 Å². The van der Waals surface area contributed by atoms with Crippen molar-refractivity contribution in [2.75, 3.05) is 13.2 Å². The molecule has 0 saturated carbocycles. The molecule has 0 heterocycles. The minimum Gasteiger partial charge on any atom is -0.726 e. The van der Waals surface area contributed by atoms with E-state index >= 15 is 0 Å². The Morgan fingerprint density at radius 2 is 0.458 bits per heavy atom. The molecular formula is C48H98CaO8S2. The van der Waals surface area contributed by atoms with E-state index in [1.807, 2.05) is 0 Å². The van der Waals surface area contributed by atoms with Crippen molar-refractivity contribution in [3.8, 4) is 0 Å². The average molecular weight is 908 g/mol. The second-order valence-corrected chi connectivity index (χ2v) is 19.7. The zero-order chi connectivity index (χ0) is 43.3. The molecule has 0 rings (SSSR count). The first-order valence-corrected chi connectivity index (χ1v) is 27.9. The maximum Gasteiger partial charge on any atom is 2.00 e. The summed E-state index contributed by atoms with van der Waals surface area (Å²) in [4.78, 5) is 0. The summed E-state index contributed by atoms with van der Waals surface area (Å²) in [6.45, 7) is 9.03. The van der Waals surface area contributed by atoms with Crippen molar-refractivity contribution in [2.24, 2.45) is 11.8 Å². The van der Waals surface area contributed by atoms with Crippen molar-refractivity contribution in [2.45, 2.75) is 285 Å². The molecule has 11 heteroatoms. The van der Waals surface area contributed by atoms with Gasteiger partial charge in [0, 0.05) is 0 Å². The van der Waals surface area contributed by atoms with Gasteiger partial charge in [-0.2, -0.15) is 0 Å². The van der Waals surface area contributed by atoms with Crippen LogP contribution in [0.1, 0.15) is 285 Å². The van der Waals surface area contributed by atoms with Crippen LogP contribution < -0.4 is 0 Å². The minimum absolute atomic E-state index is 0. The topological polar surface area (TPSA) is 133 Å². The van der Waals surface area contributed by atoms with Gasteiger partial charge in [-0.1, -0.05) is 259 Å². The fourth-order valence-corrected chi connectivity index (χ4v) is 8.67. The van der Waals surface area contributed by atoms with Crippen LogP contribution in [-0.4, -0.2) is 76.9 Å². The third-order valence-corrected chi connectivity index (χ3v) is 12.6. The quantitative estimate of drug-likeness (QED) is 0.0255. The molecule has 2 atom stereocenters. The van der Waals surface area contributed by atoms with Gasteiger partial charge in [0.2, 0.25) is 20.8 Å². The number of unbranched alkanes of at least 4 members (excludes halogenated alkanes) is 32. The van der Waals surface area contributed by atoms with Crippen LogP contribution >= 0.6 is 0 Å². The molecule has 0 aromatic rings. The third kappa shape index (κ3) is 59.0. The molecule has 352 valence electrons. The molecule has 0 fully saturated rings. The van der Waals surface area contributed by atoms with Gasteiger partial charge in [0.25, 0.3) is 0 Å². The van der Waals surface area contributed by atoms with Crippen LogP contribution in [0.5, 0.6) is 0 Å². The van der Waals surface area contributed by atoms with Gasteiger partial charge in [-0.15, -0.1) is 0 Å². The Hall–Kier alpha value is 1.000. The van der Waals surface area contributed by atoms with Crippen molar-refractivity contribution in [3.05, 3.63) is 0 Å². The summed E-state index contributed by atoms with van der Waals surface area (Å²) < 4.78 is 73.5. The second kappa shape index (κ2) is 50.0. The van der Waals surface area contributed by atoms with E-state index < -0.39 is 20.8 Å². The van der Waals surface area contributed by atoms with E-state index in [0.29, 0.717) is 0 Å². The second-order valence-electron chi connectivity index (χ2n) is 17.6. The zero-order valence-electron chi connectivity index (χ0n) is 39.6. The molecule has 59 heavy (non-hydrogen) atoms. The van der Waals surface area contributed by atoms with Crippen molar-refractivity contribution >= 4 is 58.5 Å². The summed E-state index contributed by atoms with van der Waals surface area (Å²) in [6.07, 6.45) is 50.7. The molecule has 0 aliphatic carbocycles. The van der Waals surface area contributed by atoms with Gasteiger partial charge in [0.1, 0.15) is 0 Å². The molecule has 0 spiro atoms. The van der Waals surface area contributed by atoms with Gasteiger partial charge in [0.15, 0.2) is 0 Å². The molecule has 0 amide bonds. The number of rotatable bonds is 46. The van der Waals surface area contributed by atoms with Gasteiger partial charge in [-0.25, -0.2) is 16.8 Å². The summed E-state index contributed by atoms with van der Waals surface area (Å²) in [6, 6.07) is 0. The predicted molar refractivity (Wildman–Crippen MR) is 251 cm³/mol. The maximum absolute atomic E-state index is 10.7. The van der Waals surface area contributed by atoms with Crippen LogP contribution in [0.25, 0.3) is 0 Å². The van der Waals surface area contributed by atoms with E-state index in [-0.39, 0.29) is 62.8 Å². The van der Waals surface area contributed by atoms with Crippen molar-refractivity contribution in [3.63, 3.8) is 0 Å². The van der Waals surface area contributed by atoms with Crippen molar-refractivity contribution < 1.29 is 34.3 Å². The van der Waals surface area contributed by atoms with E-state index in [9.17, 15) is 25.9 Å². The number of hydrogen-bond acceptors (Lipinski definition) is 8. The first kappa shape index (κ1) is 64.3. The molecule has 0 aliphatic rings. The monoisotopic (exact) mass is 907 g/mol.